The highest BCUT2D eigenvalue weighted by atomic mass is 16.2. The summed E-state index contributed by atoms with van der Waals surface area (Å²) in [7, 11) is 1.90. The molecule has 3 rings (SSSR count). The van der Waals surface area contributed by atoms with Crippen molar-refractivity contribution in [2.75, 3.05) is 5.73 Å². The number of hydrogen-bond acceptors (Lipinski definition) is 4. The minimum Gasteiger partial charge on any atom is -0.384 e. The number of rotatable bonds is 5. The zero-order valence-electron chi connectivity index (χ0n) is 13.7. The van der Waals surface area contributed by atoms with Crippen molar-refractivity contribution in [1.82, 2.24) is 24.6 Å². The molecule has 2 heterocycles. The van der Waals surface area contributed by atoms with Crippen LogP contribution in [0.1, 0.15) is 23.1 Å². The summed E-state index contributed by atoms with van der Waals surface area (Å²) in [4.78, 5) is 16.9. The standard InChI is InChI=1S/C17H20N6O/c1-12-10-14(18)23(21-12)11-15(24)20-16(13-6-4-3-5-7-13)17-19-8-9-22(17)2/h3-10,16H,11,18H2,1-2H3,(H,20,24)/t16-/m1/s1. The molecule has 3 N–H and O–H groups in total. The largest absolute Gasteiger partial charge is 0.384 e. The summed E-state index contributed by atoms with van der Waals surface area (Å²) in [5.74, 6) is 1.05. The first-order valence-corrected chi connectivity index (χ1v) is 7.66. The third-order valence-corrected chi connectivity index (χ3v) is 3.78. The second-order valence-corrected chi connectivity index (χ2v) is 5.68. The summed E-state index contributed by atoms with van der Waals surface area (Å²) in [6.45, 7) is 1.90. The molecule has 0 bridgehead atoms. The van der Waals surface area contributed by atoms with Crippen LogP contribution in [0, 0.1) is 6.92 Å². The molecule has 0 radical (unpaired) electrons. The Morgan fingerprint density at radius 3 is 2.67 bits per heavy atom. The van der Waals surface area contributed by atoms with Gasteiger partial charge in [-0.3, -0.25) is 4.79 Å². The van der Waals surface area contributed by atoms with Gasteiger partial charge < -0.3 is 15.6 Å². The molecule has 0 unspecified atom stereocenters. The lowest BCUT2D eigenvalue weighted by Crippen LogP contribution is -2.34. The van der Waals surface area contributed by atoms with Gasteiger partial charge in [-0.1, -0.05) is 30.3 Å². The number of nitrogen functional groups attached to an aromatic ring is 1. The van der Waals surface area contributed by atoms with Gasteiger partial charge in [0.25, 0.3) is 0 Å². The number of hydrogen-bond donors (Lipinski definition) is 2. The normalized spacial score (nSPS) is 12.1. The lowest BCUT2D eigenvalue weighted by molar-refractivity contribution is -0.122. The van der Waals surface area contributed by atoms with Crippen molar-refractivity contribution < 1.29 is 4.79 Å². The zero-order chi connectivity index (χ0) is 17.1. The maximum Gasteiger partial charge on any atom is 0.242 e. The fourth-order valence-corrected chi connectivity index (χ4v) is 2.63. The number of anilines is 1. The number of nitrogens with one attached hydrogen (secondary N) is 1. The van der Waals surface area contributed by atoms with E-state index >= 15 is 0 Å². The number of carbonyl (C=O) groups is 1. The summed E-state index contributed by atoms with van der Waals surface area (Å²) in [5.41, 5.74) is 7.60. The second-order valence-electron chi connectivity index (χ2n) is 5.68. The molecule has 7 nitrogen and oxygen atoms in total. The predicted molar refractivity (Wildman–Crippen MR) is 91.0 cm³/mol. The topological polar surface area (TPSA) is 90.8 Å². The molecule has 0 aliphatic carbocycles. The van der Waals surface area contributed by atoms with E-state index in [4.69, 9.17) is 5.73 Å². The average Bonchev–Trinajstić information content (AvgIpc) is 3.11. The van der Waals surface area contributed by atoms with Crippen molar-refractivity contribution in [2.45, 2.75) is 19.5 Å². The SMILES string of the molecule is Cc1cc(N)n(CC(=O)N[C@H](c2ccccc2)c2nccn2C)n1. The number of carbonyl (C=O) groups excluding carboxylic acids is 1. The van der Waals surface area contributed by atoms with E-state index in [0.717, 1.165) is 17.1 Å². The molecule has 0 fully saturated rings. The molecule has 0 spiro atoms. The molecule has 0 saturated heterocycles. The van der Waals surface area contributed by atoms with Crippen LogP contribution in [0.5, 0.6) is 0 Å². The van der Waals surface area contributed by atoms with Gasteiger partial charge in [-0.05, 0) is 12.5 Å². The fourth-order valence-electron chi connectivity index (χ4n) is 2.63. The van der Waals surface area contributed by atoms with Crippen LogP contribution in [-0.2, 0) is 18.4 Å². The van der Waals surface area contributed by atoms with Crippen LogP contribution in [0.15, 0.2) is 48.8 Å². The lowest BCUT2D eigenvalue weighted by atomic mass is 10.1. The highest BCUT2D eigenvalue weighted by Gasteiger charge is 2.21. The first-order valence-electron chi connectivity index (χ1n) is 7.66. The molecule has 0 saturated carbocycles. The van der Waals surface area contributed by atoms with Crippen molar-refractivity contribution in [3.8, 4) is 0 Å². The predicted octanol–water partition coefficient (Wildman–Crippen LogP) is 1.41. The first-order chi connectivity index (χ1) is 11.5. The highest BCUT2D eigenvalue weighted by molar-refractivity contribution is 5.77. The average molecular weight is 324 g/mol. The molecule has 1 atom stereocenters. The summed E-state index contributed by atoms with van der Waals surface area (Å²) >= 11 is 0. The van der Waals surface area contributed by atoms with Crippen LogP contribution >= 0.6 is 0 Å². The summed E-state index contributed by atoms with van der Waals surface area (Å²) in [6, 6.07) is 11.1. The second kappa shape index (κ2) is 6.57. The van der Waals surface area contributed by atoms with Gasteiger partial charge in [-0.15, -0.1) is 0 Å². The monoisotopic (exact) mass is 324 g/mol. The van der Waals surface area contributed by atoms with E-state index < -0.39 is 0 Å². The highest BCUT2D eigenvalue weighted by Crippen LogP contribution is 2.20. The van der Waals surface area contributed by atoms with Gasteiger partial charge >= 0.3 is 0 Å². The van der Waals surface area contributed by atoms with Crippen LogP contribution in [-0.4, -0.2) is 25.2 Å². The van der Waals surface area contributed by atoms with Crippen molar-refractivity contribution in [3.05, 3.63) is 65.9 Å². The molecule has 7 heteroatoms. The summed E-state index contributed by atoms with van der Waals surface area (Å²) in [5, 5.41) is 7.24. The van der Waals surface area contributed by atoms with Gasteiger partial charge in [-0.2, -0.15) is 5.10 Å². The van der Waals surface area contributed by atoms with Gasteiger partial charge in [0.15, 0.2) is 0 Å². The van der Waals surface area contributed by atoms with E-state index in [1.807, 2.05) is 55.1 Å². The number of aromatic nitrogens is 4. The van der Waals surface area contributed by atoms with Crippen LogP contribution in [0.3, 0.4) is 0 Å². The minimum absolute atomic E-state index is 0.0629. The van der Waals surface area contributed by atoms with Crippen LogP contribution in [0.25, 0.3) is 0 Å². The molecule has 2 aromatic heterocycles. The third-order valence-electron chi connectivity index (χ3n) is 3.78. The van der Waals surface area contributed by atoms with Crippen molar-refractivity contribution >= 4 is 11.7 Å². The van der Waals surface area contributed by atoms with Crippen LogP contribution in [0.4, 0.5) is 5.82 Å². The maximum absolute atomic E-state index is 12.5. The van der Waals surface area contributed by atoms with E-state index in [9.17, 15) is 4.79 Å². The molecule has 124 valence electrons. The quantitative estimate of drug-likeness (QED) is 0.742. The molecule has 0 aliphatic rings. The molecule has 1 aromatic carbocycles. The van der Waals surface area contributed by atoms with Crippen LogP contribution < -0.4 is 11.1 Å². The number of amides is 1. The lowest BCUT2D eigenvalue weighted by Gasteiger charge is -2.19. The Hall–Kier alpha value is -3.09. The summed E-state index contributed by atoms with van der Waals surface area (Å²) < 4.78 is 3.38. The Morgan fingerprint density at radius 2 is 2.08 bits per heavy atom. The van der Waals surface area contributed by atoms with Gasteiger partial charge in [0.1, 0.15) is 24.2 Å². The fraction of sp³-hybridized carbons (Fsp3) is 0.235. The van der Waals surface area contributed by atoms with E-state index in [2.05, 4.69) is 15.4 Å². The third kappa shape index (κ3) is 3.29. The maximum atomic E-state index is 12.5. The number of nitrogens with zero attached hydrogens (tertiary/aromatic N) is 4. The smallest absolute Gasteiger partial charge is 0.242 e. The Kier molecular flexibility index (Phi) is 4.33. The van der Waals surface area contributed by atoms with Gasteiger partial charge in [-0.25, -0.2) is 9.67 Å². The number of aryl methyl sites for hydroxylation is 2. The molecule has 3 aromatic rings. The van der Waals surface area contributed by atoms with Crippen molar-refractivity contribution in [2.24, 2.45) is 7.05 Å². The number of nitrogens with two attached hydrogens (primary N) is 1. The van der Waals surface area contributed by atoms with Crippen molar-refractivity contribution in [3.63, 3.8) is 0 Å². The Balaban J connectivity index is 1.83. The van der Waals surface area contributed by atoms with E-state index in [0.29, 0.717) is 5.82 Å². The number of benzene rings is 1. The Bertz CT molecular complexity index is 836. The molecule has 1 amide bonds. The molecule has 24 heavy (non-hydrogen) atoms. The van der Waals surface area contributed by atoms with Gasteiger partial charge in [0.05, 0.1) is 5.69 Å². The summed E-state index contributed by atoms with van der Waals surface area (Å²) in [6.07, 6.45) is 3.57. The molecular formula is C17H20N6O. The Morgan fingerprint density at radius 1 is 1.33 bits per heavy atom. The van der Waals surface area contributed by atoms with Crippen LogP contribution in [0.2, 0.25) is 0 Å². The van der Waals surface area contributed by atoms with E-state index in [-0.39, 0.29) is 18.5 Å². The van der Waals surface area contributed by atoms with E-state index in [1.54, 1.807) is 12.3 Å². The molecule has 0 aliphatic heterocycles. The first kappa shape index (κ1) is 15.8. The molecular weight excluding hydrogens is 304 g/mol. The van der Waals surface area contributed by atoms with Crippen molar-refractivity contribution in [1.29, 1.82) is 0 Å². The Labute approximate surface area is 140 Å². The minimum atomic E-state index is -0.336. The van der Waals surface area contributed by atoms with Gasteiger partial charge in [0, 0.05) is 25.5 Å². The van der Waals surface area contributed by atoms with E-state index in [1.165, 1.54) is 4.68 Å². The van der Waals surface area contributed by atoms with Gasteiger partial charge in [0.2, 0.25) is 5.91 Å². The number of imidazole rings is 1. The zero-order valence-corrected chi connectivity index (χ0v) is 13.7.